The number of ether oxygens (including phenoxy) is 1. The molecule has 27 heavy (non-hydrogen) atoms. The van der Waals surface area contributed by atoms with Gasteiger partial charge in [0.15, 0.2) is 0 Å². The molecule has 0 unspecified atom stereocenters. The molecule has 0 aliphatic rings. The first-order valence-corrected chi connectivity index (χ1v) is 9.25. The van der Waals surface area contributed by atoms with Gasteiger partial charge in [-0.1, -0.05) is 17.7 Å². The van der Waals surface area contributed by atoms with Crippen LogP contribution < -0.4 is 14.8 Å². The molecular weight excluding hydrogens is 385 g/mol. The summed E-state index contributed by atoms with van der Waals surface area (Å²) < 4.78 is 66.5. The van der Waals surface area contributed by atoms with E-state index in [1.54, 1.807) is 12.1 Å². The molecule has 6 nitrogen and oxygen atoms in total. The predicted molar refractivity (Wildman–Crippen MR) is 91.8 cm³/mol. The molecule has 10 heteroatoms. The van der Waals surface area contributed by atoms with Gasteiger partial charge in [-0.3, -0.25) is 4.79 Å². The zero-order valence-electron chi connectivity index (χ0n) is 14.2. The number of aryl methyl sites for hydroxylation is 1. The maximum atomic E-state index is 12.1. The molecule has 0 fully saturated rings. The monoisotopic (exact) mass is 402 g/mol. The smallest absolute Gasteiger partial charge is 0.406 e. The van der Waals surface area contributed by atoms with Gasteiger partial charge in [-0.05, 0) is 43.3 Å². The minimum Gasteiger partial charge on any atom is -0.406 e. The largest absolute Gasteiger partial charge is 0.573 e. The Morgan fingerprint density at radius 3 is 2.15 bits per heavy atom. The Hall–Kier alpha value is -2.59. The summed E-state index contributed by atoms with van der Waals surface area (Å²) >= 11 is 0. The first-order valence-electron chi connectivity index (χ1n) is 7.77. The van der Waals surface area contributed by atoms with Gasteiger partial charge in [0.05, 0.1) is 4.90 Å². The fraction of sp³-hybridized carbons (Fsp3) is 0.235. The van der Waals surface area contributed by atoms with E-state index >= 15 is 0 Å². The number of hydrogen-bond donors (Lipinski definition) is 2. The molecule has 2 rings (SSSR count). The van der Waals surface area contributed by atoms with Crippen LogP contribution in [0.5, 0.6) is 5.75 Å². The molecule has 1 amide bonds. The quantitative estimate of drug-likeness (QED) is 0.698. The zero-order valence-corrected chi connectivity index (χ0v) is 15.0. The molecule has 2 aromatic carbocycles. The molecule has 0 radical (unpaired) electrons. The minimum atomic E-state index is -4.81. The van der Waals surface area contributed by atoms with Crippen molar-refractivity contribution in [3.63, 3.8) is 0 Å². The summed E-state index contributed by atoms with van der Waals surface area (Å²) in [5.41, 5.74) is 1.04. The van der Waals surface area contributed by atoms with Gasteiger partial charge in [0.25, 0.3) is 5.91 Å². The van der Waals surface area contributed by atoms with Gasteiger partial charge < -0.3 is 10.1 Å². The van der Waals surface area contributed by atoms with Gasteiger partial charge in [-0.15, -0.1) is 13.2 Å². The van der Waals surface area contributed by atoms with E-state index in [4.69, 9.17) is 0 Å². The molecule has 0 saturated carbocycles. The van der Waals surface area contributed by atoms with Crippen LogP contribution in [-0.2, 0) is 10.0 Å². The number of benzene rings is 2. The van der Waals surface area contributed by atoms with Gasteiger partial charge in [0, 0.05) is 18.7 Å². The predicted octanol–water partition coefficient (Wildman–Crippen LogP) is 2.60. The Kier molecular flexibility index (Phi) is 6.45. The number of amides is 1. The molecule has 2 N–H and O–H groups in total. The summed E-state index contributed by atoms with van der Waals surface area (Å²) in [7, 11) is -3.69. The lowest BCUT2D eigenvalue weighted by Gasteiger charge is -2.10. The van der Waals surface area contributed by atoms with Crippen molar-refractivity contribution >= 4 is 15.9 Å². The van der Waals surface area contributed by atoms with Gasteiger partial charge in [0.2, 0.25) is 10.0 Å². The molecule has 146 valence electrons. The molecule has 0 atom stereocenters. The van der Waals surface area contributed by atoms with Crippen LogP contribution in [0.25, 0.3) is 0 Å². The Labute approximate surface area is 154 Å². The van der Waals surface area contributed by atoms with Crippen LogP contribution >= 0.6 is 0 Å². The van der Waals surface area contributed by atoms with Crippen molar-refractivity contribution in [1.82, 2.24) is 10.0 Å². The molecule has 0 aliphatic carbocycles. The molecular formula is C17H17F3N2O4S. The molecule has 0 saturated heterocycles. The summed E-state index contributed by atoms with van der Waals surface area (Å²) in [5, 5.41) is 2.47. The van der Waals surface area contributed by atoms with Crippen molar-refractivity contribution in [2.24, 2.45) is 0 Å². The number of carbonyl (C=O) groups is 1. The molecule has 0 aromatic heterocycles. The summed E-state index contributed by atoms with van der Waals surface area (Å²) in [6.45, 7) is 1.79. The Morgan fingerprint density at radius 2 is 1.59 bits per heavy atom. The fourth-order valence-electron chi connectivity index (χ4n) is 2.07. The van der Waals surface area contributed by atoms with Crippen molar-refractivity contribution in [2.75, 3.05) is 13.1 Å². The second-order valence-electron chi connectivity index (χ2n) is 5.54. The molecule has 2 aromatic rings. The first kappa shape index (κ1) is 20.7. The summed E-state index contributed by atoms with van der Waals surface area (Å²) in [6.07, 6.45) is -4.81. The van der Waals surface area contributed by atoms with Gasteiger partial charge in [-0.25, -0.2) is 13.1 Å². The maximum absolute atomic E-state index is 12.1. The minimum absolute atomic E-state index is 0.00469. The summed E-state index contributed by atoms with van der Waals surface area (Å²) in [4.78, 5) is 12.0. The molecule has 0 heterocycles. The van der Waals surface area contributed by atoms with Crippen molar-refractivity contribution in [3.05, 3.63) is 59.7 Å². The van der Waals surface area contributed by atoms with E-state index in [9.17, 15) is 26.4 Å². The van der Waals surface area contributed by atoms with E-state index in [2.05, 4.69) is 14.8 Å². The fourth-order valence-corrected chi connectivity index (χ4v) is 3.10. The number of nitrogens with one attached hydrogen (secondary N) is 2. The van der Waals surface area contributed by atoms with Crippen LogP contribution in [0.3, 0.4) is 0 Å². The van der Waals surface area contributed by atoms with Gasteiger partial charge in [0.1, 0.15) is 5.75 Å². The van der Waals surface area contributed by atoms with E-state index in [1.807, 2.05) is 6.92 Å². The number of carbonyl (C=O) groups excluding carboxylic acids is 1. The highest BCUT2D eigenvalue weighted by molar-refractivity contribution is 7.89. The number of hydrogen-bond acceptors (Lipinski definition) is 4. The SMILES string of the molecule is Cc1ccc(S(=O)(=O)NCCNC(=O)c2ccc(OC(F)(F)F)cc2)cc1. The standard InChI is InChI=1S/C17H17F3N2O4S/c1-12-2-8-15(9-3-12)27(24,25)22-11-10-21-16(23)13-4-6-14(7-5-13)26-17(18,19)20/h2-9,22H,10-11H2,1H3,(H,21,23). The Balaban J connectivity index is 1.83. The summed E-state index contributed by atoms with van der Waals surface area (Å²) in [5.74, 6) is -0.993. The molecule has 0 spiro atoms. The highest BCUT2D eigenvalue weighted by Crippen LogP contribution is 2.22. The third-order valence-corrected chi connectivity index (χ3v) is 4.86. The number of alkyl halides is 3. The van der Waals surface area contributed by atoms with E-state index in [-0.39, 0.29) is 23.5 Å². The van der Waals surface area contributed by atoms with E-state index in [1.165, 1.54) is 24.3 Å². The van der Waals surface area contributed by atoms with E-state index in [0.29, 0.717) is 0 Å². The highest BCUT2D eigenvalue weighted by atomic mass is 32.2. The zero-order chi connectivity index (χ0) is 20.1. The Bertz CT molecular complexity index is 880. The van der Waals surface area contributed by atoms with Crippen LogP contribution in [0.4, 0.5) is 13.2 Å². The molecule has 0 aliphatic heterocycles. The van der Waals surface area contributed by atoms with Crippen LogP contribution in [0.15, 0.2) is 53.4 Å². The second kappa shape index (κ2) is 8.40. The van der Waals surface area contributed by atoms with Crippen molar-refractivity contribution in [1.29, 1.82) is 0 Å². The third kappa shape index (κ3) is 6.57. The lowest BCUT2D eigenvalue weighted by molar-refractivity contribution is -0.274. The van der Waals surface area contributed by atoms with Crippen molar-refractivity contribution < 1.29 is 31.1 Å². The molecule has 0 bridgehead atoms. The van der Waals surface area contributed by atoms with E-state index < -0.39 is 28.0 Å². The maximum Gasteiger partial charge on any atom is 0.573 e. The van der Waals surface area contributed by atoms with Crippen LogP contribution in [0.1, 0.15) is 15.9 Å². The highest BCUT2D eigenvalue weighted by Gasteiger charge is 2.31. The van der Waals surface area contributed by atoms with Crippen molar-refractivity contribution in [3.8, 4) is 5.75 Å². The van der Waals surface area contributed by atoms with Crippen molar-refractivity contribution in [2.45, 2.75) is 18.2 Å². The lowest BCUT2D eigenvalue weighted by atomic mass is 10.2. The third-order valence-electron chi connectivity index (χ3n) is 3.38. The van der Waals surface area contributed by atoms with Gasteiger partial charge >= 0.3 is 6.36 Å². The Morgan fingerprint density at radius 1 is 1.00 bits per heavy atom. The average Bonchev–Trinajstić information content (AvgIpc) is 2.58. The van der Waals surface area contributed by atoms with Crippen LogP contribution in [0, 0.1) is 6.92 Å². The number of halogens is 3. The topological polar surface area (TPSA) is 84.5 Å². The first-order chi connectivity index (χ1) is 12.6. The summed E-state index contributed by atoms with van der Waals surface area (Å²) in [6, 6.07) is 10.7. The lowest BCUT2D eigenvalue weighted by Crippen LogP contribution is -2.34. The second-order valence-corrected chi connectivity index (χ2v) is 7.31. The number of sulfonamides is 1. The van der Waals surface area contributed by atoms with E-state index in [0.717, 1.165) is 17.7 Å². The normalized spacial score (nSPS) is 11.9. The average molecular weight is 402 g/mol. The van der Waals surface area contributed by atoms with Crippen LogP contribution in [0.2, 0.25) is 0 Å². The number of rotatable bonds is 7. The van der Waals surface area contributed by atoms with Crippen LogP contribution in [-0.4, -0.2) is 33.8 Å². The van der Waals surface area contributed by atoms with Gasteiger partial charge in [-0.2, -0.15) is 0 Å².